The van der Waals surface area contributed by atoms with Crippen LogP contribution in [0.15, 0.2) is 6.20 Å². The van der Waals surface area contributed by atoms with Crippen molar-refractivity contribution in [3.63, 3.8) is 0 Å². The molecule has 1 aliphatic rings. The van der Waals surface area contributed by atoms with Gasteiger partial charge in [-0.3, -0.25) is 9.48 Å². The van der Waals surface area contributed by atoms with E-state index in [0.29, 0.717) is 11.6 Å². The number of nitrogens with one attached hydrogen (secondary N) is 1. The van der Waals surface area contributed by atoms with E-state index in [1.165, 1.54) is 12.8 Å². The van der Waals surface area contributed by atoms with Gasteiger partial charge in [0.05, 0.1) is 11.3 Å². The van der Waals surface area contributed by atoms with Crippen molar-refractivity contribution in [3.05, 3.63) is 17.5 Å². The Balaban J connectivity index is 2.04. The first kappa shape index (κ1) is 11.2. The molecule has 0 aliphatic heterocycles. The van der Waals surface area contributed by atoms with Crippen LogP contribution < -0.4 is 5.32 Å². The Morgan fingerprint density at radius 2 is 2.25 bits per heavy atom. The van der Waals surface area contributed by atoms with E-state index in [0.717, 1.165) is 25.1 Å². The zero-order chi connectivity index (χ0) is 11.5. The van der Waals surface area contributed by atoms with Gasteiger partial charge in [-0.15, -0.1) is 0 Å². The molecule has 2 rings (SSSR count). The molecule has 0 unspecified atom stereocenters. The number of rotatable bonds is 3. The first-order valence-corrected chi connectivity index (χ1v) is 6.05. The number of amides is 1. The average Bonchev–Trinajstić information content (AvgIpc) is 2.87. The second-order valence-corrected chi connectivity index (χ2v) is 4.44. The fraction of sp³-hybridized carbons (Fsp3) is 0.667. The van der Waals surface area contributed by atoms with E-state index in [9.17, 15) is 4.79 Å². The van der Waals surface area contributed by atoms with Crippen LogP contribution in [0.25, 0.3) is 0 Å². The molecule has 0 atom stereocenters. The lowest BCUT2D eigenvalue weighted by atomic mass is 10.2. The molecule has 0 saturated heterocycles. The fourth-order valence-electron chi connectivity index (χ4n) is 2.24. The third kappa shape index (κ3) is 2.26. The van der Waals surface area contributed by atoms with E-state index in [-0.39, 0.29) is 5.91 Å². The Labute approximate surface area is 96.0 Å². The predicted molar refractivity (Wildman–Crippen MR) is 62.4 cm³/mol. The van der Waals surface area contributed by atoms with Crippen molar-refractivity contribution in [2.75, 3.05) is 0 Å². The third-order valence-electron chi connectivity index (χ3n) is 3.21. The normalized spacial score (nSPS) is 16.6. The lowest BCUT2D eigenvalue weighted by Crippen LogP contribution is -2.32. The summed E-state index contributed by atoms with van der Waals surface area (Å²) >= 11 is 0. The number of nitrogens with zero attached hydrogens (tertiary/aromatic N) is 2. The molecule has 1 amide bonds. The van der Waals surface area contributed by atoms with Crippen molar-refractivity contribution in [1.82, 2.24) is 15.1 Å². The summed E-state index contributed by atoms with van der Waals surface area (Å²) in [6, 6.07) is 0.372. The van der Waals surface area contributed by atoms with E-state index in [4.69, 9.17) is 0 Å². The Morgan fingerprint density at radius 3 is 2.81 bits per heavy atom. The molecule has 1 saturated carbocycles. The number of aryl methyl sites for hydroxylation is 2. The number of carbonyl (C=O) groups is 1. The molecule has 1 aliphatic carbocycles. The van der Waals surface area contributed by atoms with E-state index < -0.39 is 0 Å². The highest BCUT2D eigenvalue weighted by Crippen LogP contribution is 2.18. The summed E-state index contributed by atoms with van der Waals surface area (Å²) in [7, 11) is 0. The van der Waals surface area contributed by atoms with Crippen LogP contribution in [0.5, 0.6) is 0 Å². The van der Waals surface area contributed by atoms with Crippen molar-refractivity contribution < 1.29 is 4.79 Å². The van der Waals surface area contributed by atoms with E-state index in [2.05, 4.69) is 10.4 Å². The smallest absolute Gasteiger partial charge is 0.254 e. The Hall–Kier alpha value is -1.32. The quantitative estimate of drug-likeness (QED) is 0.847. The average molecular weight is 221 g/mol. The monoisotopic (exact) mass is 221 g/mol. The van der Waals surface area contributed by atoms with Gasteiger partial charge in [0.1, 0.15) is 0 Å². The van der Waals surface area contributed by atoms with Crippen LogP contribution in [-0.4, -0.2) is 21.7 Å². The fourth-order valence-corrected chi connectivity index (χ4v) is 2.24. The van der Waals surface area contributed by atoms with E-state index in [1.54, 1.807) is 4.68 Å². The summed E-state index contributed by atoms with van der Waals surface area (Å²) in [5.74, 6) is 0.0316. The number of hydrogen-bond acceptors (Lipinski definition) is 2. The van der Waals surface area contributed by atoms with Gasteiger partial charge in [-0.1, -0.05) is 12.8 Å². The lowest BCUT2D eigenvalue weighted by molar-refractivity contribution is 0.0937. The van der Waals surface area contributed by atoms with Crippen molar-refractivity contribution in [2.45, 2.75) is 52.1 Å². The zero-order valence-electron chi connectivity index (χ0n) is 9.99. The Bertz CT molecular complexity index is 378. The van der Waals surface area contributed by atoms with E-state index in [1.807, 2.05) is 20.0 Å². The number of hydrogen-bond donors (Lipinski definition) is 1. The maximum absolute atomic E-state index is 12.0. The van der Waals surface area contributed by atoms with Gasteiger partial charge in [0.15, 0.2) is 0 Å². The van der Waals surface area contributed by atoms with Crippen LogP contribution in [0.3, 0.4) is 0 Å². The highest BCUT2D eigenvalue weighted by Gasteiger charge is 2.20. The summed E-state index contributed by atoms with van der Waals surface area (Å²) in [5.41, 5.74) is 1.53. The van der Waals surface area contributed by atoms with Gasteiger partial charge in [0.2, 0.25) is 0 Å². The van der Waals surface area contributed by atoms with E-state index >= 15 is 0 Å². The molecule has 88 valence electrons. The van der Waals surface area contributed by atoms with Gasteiger partial charge in [-0.2, -0.15) is 5.10 Å². The topological polar surface area (TPSA) is 46.9 Å². The molecule has 1 heterocycles. The molecular formula is C12H19N3O. The Kier molecular flexibility index (Phi) is 3.27. The number of carbonyl (C=O) groups excluding carboxylic acids is 1. The predicted octanol–water partition coefficient (Wildman–Crippen LogP) is 1.88. The largest absolute Gasteiger partial charge is 0.349 e. The van der Waals surface area contributed by atoms with Gasteiger partial charge < -0.3 is 5.32 Å². The summed E-state index contributed by atoms with van der Waals surface area (Å²) in [6.07, 6.45) is 6.54. The SMILES string of the molecule is CCn1cc(C(=O)NC2CCCC2)c(C)n1. The van der Waals surface area contributed by atoms with Crippen LogP contribution in [0, 0.1) is 6.92 Å². The second kappa shape index (κ2) is 4.68. The maximum Gasteiger partial charge on any atom is 0.254 e. The minimum atomic E-state index is 0.0316. The first-order valence-electron chi connectivity index (χ1n) is 6.05. The maximum atomic E-state index is 12.0. The molecular weight excluding hydrogens is 202 g/mol. The highest BCUT2D eigenvalue weighted by atomic mass is 16.1. The highest BCUT2D eigenvalue weighted by molar-refractivity contribution is 5.95. The van der Waals surface area contributed by atoms with Crippen LogP contribution in [-0.2, 0) is 6.54 Å². The molecule has 16 heavy (non-hydrogen) atoms. The van der Waals surface area contributed by atoms with Crippen LogP contribution in [0.4, 0.5) is 0 Å². The first-order chi connectivity index (χ1) is 7.70. The summed E-state index contributed by atoms with van der Waals surface area (Å²) in [4.78, 5) is 12.0. The van der Waals surface area contributed by atoms with Gasteiger partial charge in [-0.25, -0.2) is 0 Å². The van der Waals surface area contributed by atoms with Crippen LogP contribution in [0.1, 0.15) is 48.7 Å². The molecule has 4 nitrogen and oxygen atoms in total. The van der Waals surface area contributed by atoms with Gasteiger partial charge in [0.25, 0.3) is 5.91 Å². The van der Waals surface area contributed by atoms with Crippen LogP contribution >= 0.6 is 0 Å². The minimum absolute atomic E-state index is 0.0316. The van der Waals surface area contributed by atoms with Crippen molar-refractivity contribution >= 4 is 5.91 Å². The standard InChI is InChI=1S/C12H19N3O/c1-3-15-8-11(9(2)14-15)12(16)13-10-6-4-5-7-10/h8,10H,3-7H2,1-2H3,(H,13,16). The van der Waals surface area contributed by atoms with Gasteiger partial charge in [-0.05, 0) is 26.7 Å². The Morgan fingerprint density at radius 1 is 1.56 bits per heavy atom. The zero-order valence-corrected chi connectivity index (χ0v) is 9.99. The molecule has 1 aromatic rings. The summed E-state index contributed by atoms with van der Waals surface area (Å²) in [6.45, 7) is 4.71. The summed E-state index contributed by atoms with van der Waals surface area (Å²) in [5, 5.41) is 7.36. The lowest BCUT2D eigenvalue weighted by Gasteiger charge is -2.10. The third-order valence-corrected chi connectivity index (χ3v) is 3.21. The second-order valence-electron chi connectivity index (χ2n) is 4.44. The van der Waals surface area contributed by atoms with Crippen molar-refractivity contribution in [3.8, 4) is 0 Å². The van der Waals surface area contributed by atoms with Crippen LogP contribution in [0.2, 0.25) is 0 Å². The van der Waals surface area contributed by atoms with Crippen molar-refractivity contribution in [2.24, 2.45) is 0 Å². The van der Waals surface area contributed by atoms with Gasteiger partial charge in [0, 0.05) is 18.8 Å². The molecule has 1 fully saturated rings. The molecule has 4 heteroatoms. The molecule has 0 spiro atoms. The summed E-state index contributed by atoms with van der Waals surface area (Å²) < 4.78 is 1.80. The molecule has 0 aromatic carbocycles. The number of aromatic nitrogens is 2. The minimum Gasteiger partial charge on any atom is -0.349 e. The van der Waals surface area contributed by atoms with Gasteiger partial charge >= 0.3 is 0 Å². The molecule has 1 aromatic heterocycles. The van der Waals surface area contributed by atoms with Crippen molar-refractivity contribution in [1.29, 1.82) is 0 Å². The molecule has 0 bridgehead atoms. The molecule has 1 N–H and O–H groups in total. The molecule has 0 radical (unpaired) electrons.